The van der Waals surface area contributed by atoms with Gasteiger partial charge in [0.15, 0.2) is 0 Å². The first-order valence-corrected chi connectivity index (χ1v) is 6.25. The minimum atomic E-state index is 0.616. The molecular weight excluding hydrogens is 190 g/mol. The summed E-state index contributed by atoms with van der Waals surface area (Å²) in [6.45, 7) is 2.25. The maximum Gasteiger partial charge on any atom is 0.0186 e. The van der Waals surface area contributed by atoms with E-state index in [2.05, 4.69) is 36.7 Å². The number of thiol groups is 1. The summed E-state index contributed by atoms with van der Waals surface area (Å²) in [4.78, 5) is 3.28. The van der Waals surface area contributed by atoms with Crippen molar-refractivity contribution < 1.29 is 0 Å². The summed E-state index contributed by atoms with van der Waals surface area (Å²) in [6.07, 6.45) is 8.64. The fourth-order valence-corrected chi connectivity index (χ4v) is 2.14. The molecule has 0 aliphatic heterocycles. The minimum Gasteiger partial charge on any atom is -0.365 e. The van der Waals surface area contributed by atoms with E-state index in [4.69, 9.17) is 0 Å². The summed E-state index contributed by atoms with van der Waals surface area (Å²) < 4.78 is 0. The molecule has 80 valence electrons. The molecule has 0 aromatic carbocycles. The van der Waals surface area contributed by atoms with Gasteiger partial charge in [-0.2, -0.15) is 12.6 Å². The van der Waals surface area contributed by atoms with E-state index in [0.717, 1.165) is 5.75 Å². The summed E-state index contributed by atoms with van der Waals surface area (Å²) in [5, 5.41) is 0. The van der Waals surface area contributed by atoms with Crippen LogP contribution in [-0.4, -0.2) is 10.7 Å². The van der Waals surface area contributed by atoms with Crippen LogP contribution in [0.4, 0.5) is 0 Å². The van der Waals surface area contributed by atoms with Crippen LogP contribution in [0.15, 0.2) is 18.3 Å². The van der Waals surface area contributed by atoms with Crippen LogP contribution in [-0.2, 0) is 0 Å². The second kappa shape index (κ2) is 6.99. The quantitative estimate of drug-likeness (QED) is 0.501. The van der Waals surface area contributed by atoms with Gasteiger partial charge in [-0.3, -0.25) is 0 Å². The van der Waals surface area contributed by atoms with Crippen LogP contribution < -0.4 is 0 Å². The van der Waals surface area contributed by atoms with E-state index in [1.54, 1.807) is 0 Å². The number of rotatable bonds is 7. The first kappa shape index (κ1) is 11.7. The summed E-state index contributed by atoms with van der Waals surface area (Å²) in [5.74, 6) is 1.57. The van der Waals surface area contributed by atoms with E-state index in [0.29, 0.717) is 5.92 Å². The molecule has 0 aliphatic rings. The normalized spacial score (nSPS) is 13.0. The maximum absolute atomic E-state index is 4.41. The lowest BCUT2D eigenvalue weighted by Gasteiger charge is -2.12. The highest BCUT2D eigenvalue weighted by Crippen LogP contribution is 2.22. The molecule has 14 heavy (non-hydrogen) atoms. The Kier molecular flexibility index (Phi) is 5.85. The highest BCUT2D eigenvalue weighted by molar-refractivity contribution is 7.80. The summed E-state index contributed by atoms with van der Waals surface area (Å²) >= 11 is 4.41. The predicted octanol–water partition coefficient (Wildman–Crippen LogP) is 4.00. The standard InChI is InChI=1S/C12H21NS/c1-2-3-4-5-7-11(10-14)12-8-6-9-13-12/h6,8-9,11,13-14H,2-5,7,10H2,1H3. The van der Waals surface area contributed by atoms with E-state index >= 15 is 0 Å². The van der Waals surface area contributed by atoms with Crippen molar-refractivity contribution in [1.82, 2.24) is 4.98 Å². The smallest absolute Gasteiger partial charge is 0.0186 e. The molecule has 1 aromatic rings. The zero-order valence-corrected chi connectivity index (χ0v) is 9.89. The van der Waals surface area contributed by atoms with E-state index in [9.17, 15) is 0 Å². The van der Waals surface area contributed by atoms with Gasteiger partial charge in [-0.25, -0.2) is 0 Å². The molecule has 0 spiro atoms. The van der Waals surface area contributed by atoms with Gasteiger partial charge < -0.3 is 4.98 Å². The van der Waals surface area contributed by atoms with Gasteiger partial charge in [-0.1, -0.05) is 32.6 Å². The first-order chi connectivity index (χ1) is 6.88. The predicted molar refractivity (Wildman–Crippen MR) is 66.1 cm³/mol. The molecule has 0 radical (unpaired) electrons. The Morgan fingerprint density at radius 3 is 2.79 bits per heavy atom. The minimum absolute atomic E-state index is 0.616. The number of aromatic amines is 1. The number of H-pyrrole nitrogens is 1. The van der Waals surface area contributed by atoms with Crippen molar-refractivity contribution >= 4 is 12.6 Å². The third kappa shape index (κ3) is 3.79. The SMILES string of the molecule is CCCCCCC(CS)c1ccc[nH]1. The van der Waals surface area contributed by atoms with Crippen LogP contribution in [0.2, 0.25) is 0 Å². The van der Waals surface area contributed by atoms with Gasteiger partial charge in [0.25, 0.3) is 0 Å². The number of hydrogen-bond acceptors (Lipinski definition) is 1. The molecule has 0 bridgehead atoms. The van der Waals surface area contributed by atoms with Crippen molar-refractivity contribution in [3.63, 3.8) is 0 Å². The van der Waals surface area contributed by atoms with Crippen LogP contribution in [0, 0.1) is 0 Å². The molecule has 1 aromatic heterocycles. The van der Waals surface area contributed by atoms with Gasteiger partial charge in [-0.15, -0.1) is 0 Å². The Bertz CT molecular complexity index is 218. The van der Waals surface area contributed by atoms with Gasteiger partial charge in [0, 0.05) is 17.8 Å². The third-order valence-corrected chi connectivity index (χ3v) is 3.13. The molecule has 1 nitrogen and oxygen atoms in total. The molecule has 0 saturated heterocycles. The van der Waals surface area contributed by atoms with Crippen molar-refractivity contribution in [1.29, 1.82) is 0 Å². The Morgan fingerprint density at radius 2 is 2.21 bits per heavy atom. The molecule has 0 fully saturated rings. The first-order valence-electron chi connectivity index (χ1n) is 5.62. The summed E-state index contributed by atoms with van der Waals surface area (Å²) in [5.41, 5.74) is 1.34. The Balaban J connectivity index is 2.26. The van der Waals surface area contributed by atoms with Crippen molar-refractivity contribution in [2.24, 2.45) is 0 Å². The average Bonchev–Trinajstić information content (AvgIpc) is 2.71. The molecule has 1 N–H and O–H groups in total. The van der Waals surface area contributed by atoms with Crippen molar-refractivity contribution in [3.8, 4) is 0 Å². The zero-order chi connectivity index (χ0) is 10.2. The number of unbranched alkanes of at least 4 members (excludes halogenated alkanes) is 3. The summed E-state index contributed by atoms with van der Waals surface area (Å²) in [6, 6.07) is 4.23. The summed E-state index contributed by atoms with van der Waals surface area (Å²) in [7, 11) is 0. The largest absolute Gasteiger partial charge is 0.365 e. The Morgan fingerprint density at radius 1 is 1.36 bits per heavy atom. The maximum atomic E-state index is 4.41. The lowest BCUT2D eigenvalue weighted by Crippen LogP contribution is -2.00. The number of aromatic nitrogens is 1. The molecule has 0 aliphatic carbocycles. The molecule has 0 saturated carbocycles. The lowest BCUT2D eigenvalue weighted by atomic mass is 9.99. The Hall–Kier alpha value is -0.370. The molecule has 1 rings (SSSR count). The zero-order valence-electron chi connectivity index (χ0n) is 9.00. The van der Waals surface area contributed by atoms with Gasteiger partial charge in [0.2, 0.25) is 0 Å². The molecule has 1 unspecified atom stereocenters. The molecular formula is C12H21NS. The lowest BCUT2D eigenvalue weighted by molar-refractivity contribution is 0.578. The van der Waals surface area contributed by atoms with Gasteiger partial charge in [0.05, 0.1) is 0 Å². The fourth-order valence-electron chi connectivity index (χ4n) is 1.76. The van der Waals surface area contributed by atoms with Crippen LogP contribution in [0.1, 0.15) is 50.6 Å². The van der Waals surface area contributed by atoms with E-state index in [1.807, 2.05) is 6.20 Å². The number of nitrogens with one attached hydrogen (secondary N) is 1. The van der Waals surface area contributed by atoms with Crippen LogP contribution in [0.3, 0.4) is 0 Å². The monoisotopic (exact) mass is 211 g/mol. The molecule has 1 atom stereocenters. The fraction of sp³-hybridized carbons (Fsp3) is 0.667. The highest BCUT2D eigenvalue weighted by atomic mass is 32.1. The van der Waals surface area contributed by atoms with Crippen LogP contribution >= 0.6 is 12.6 Å². The highest BCUT2D eigenvalue weighted by Gasteiger charge is 2.09. The van der Waals surface area contributed by atoms with E-state index in [-0.39, 0.29) is 0 Å². The average molecular weight is 211 g/mol. The van der Waals surface area contributed by atoms with Crippen molar-refractivity contribution in [2.45, 2.75) is 44.9 Å². The van der Waals surface area contributed by atoms with Crippen LogP contribution in [0.5, 0.6) is 0 Å². The van der Waals surface area contributed by atoms with Crippen molar-refractivity contribution in [2.75, 3.05) is 5.75 Å². The molecule has 1 heterocycles. The number of hydrogen-bond donors (Lipinski definition) is 2. The molecule has 2 heteroatoms. The molecule has 0 amide bonds. The third-order valence-electron chi connectivity index (χ3n) is 2.69. The Labute approximate surface area is 92.7 Å². The van der Waals surface area contributed by atoms with Gasteiger partial charge >= 0.3 is 0 Å². The topological polar surface area (TPSA) is 15.8 Å². The van der Waals surface area contributed by atoms with E-state index < -0.39 is 0 Å². The van der Waals surface area contributed by atoms with Gasteiger partial charge in [0.1, 0.15) is 0 Å². The van der Waals surface area contributed by atoms with E-state index in [1.165, 1.54) is 37.8 Å². The van der Waals surface area contributed by atoms with Gasteiger partial charge in [-0.05, 0) is 24.3 Å². The van der Waals surface area contributed by atoms with Crippen molar-refractivity contribution in [3.05, 3.63) is 24.0 Å². The second-order valence-corrected chi connectivity index (χ2v) is 4.22. The second-order valence-electron chi connectivity index (χ2n) is 3.85. The van der Waals surface area contributed by atoms with Crippen LogP contribution in [0.25, 0.3) is 0 Å².